The quantitative estimate of drug-likeness (QED) is 0.860. The van der Waals surface area contributed by atoms with E-state index in [9.17, 15) is 0 Å². The number of anilines is 1. The highest BCUT2D eigenvalue weighted by Crippen LogP contribution is 2.38. The molecule has 0 spiro atoms. The third-order valence-electron chi connectivity index (χ3n) is 3.53. The van der Waals surface area contributed by atoms with Crippen LogP contribution in [-0.4, -0.2) is 11.0 Å². The minimum Gasteiger partial charge on any atom is -0.380 e. The Morgan fingerprint density at radius 1 is 1.06 bits per heavy atom. The van der Waals surface area contributed by atoms with E-state index in [1.165, 1.54) is 18.4 Å². The maximum Gasteiger partial charge on any atom is 0.129 e. The van der Waals surface area contributed by atoms with Gasteiger partial charge in [-0.05, 0) is 52.4 Å². The molecule has 0 radical (unpaired) electrons. The largest absolute Gasteiger partial charge is 0.380 e. The normalized spacial score (nSPS) is 22.3. The lowest BCUT2D eigenvalue weighted by Crippen LogP contribution is -2.34. The number of nitrogens with one attached hydrogen (secondary N) is 1. The van der Waals surface area contributed by atoms with E-state index < -0.39 is 0 Å². The number of benzene rings is 1. The Labute approximate surface area is 116 Å². The number of aromatic nitrogens is 1. The molecule has 1 aliphatic carbocycles. The van der Waals surface area contributed by atoms with Gasteiger partial charge in [-0.2, -0.15) is 0 Å². The number of halogens is 1. The van der Waals surface area contributed by atoms with Crippen molar-refractivity contribution in [3.63, 3.8) is 0 Å². The summed E-state index contributed by atoms with van der Waals surface area (Å²) in [6.45, 7) is 0. The average Bonchev–Trinajstić information content (AvgIpc) is 2.36. The number of hydrogen-bond donors (Lipinski definition) is 1. The molecule has 18 heavy (non-hydrogen) atoms. The SMILES string of the molecule is Brc1ncccc1NC1CC(c2ccccc2)C1. The molecule has 0 atom stereocenters. The summed E-state index contributed by atoms with van der Waals surface area (Å²) in [5.74, 6) is 0.708. The molecular formula is C15H15BrN2. The Bertz CT molecular complexity index is 521. The molecule has 0 saturated heterocycles. The molecule has 3 heteroatoms. The minimum absolute atomic E-state index is 0.565. The van der Waals surface area contributed by atoms with Crippen LogP contribution >= 0.6 is 15.9 Å². The van der Waals surface area contributed by atoms with Gasteiger partial charge in [-0.1, -0.05) is 30.3 Å². The molecular weight excluding hydrogens is 288 g/mol. The van der Waals surface area contributed by atoms with E-state index in [0.717, 1.165) is 10.3 Å². The second-order valence-corrected chi connectivity index (χ2v) is 5.51. The van der Waals surface area contributed by atoms with Gasteiger partial charge in [0.1, 0.15) is 4.60 Å². The lowest BCUT2D eigenvalue weighted by molar-refractivity contribution is 0.374. The molecule has 3 rings (SSSR count). The van der Waals surface area contributed by atoms with Gasteiger partial charge in [-0.3, -0.25) is 0 Å². The molecule has 1 saturated carbocycles. The molecule has 1 aromatic heterocycles. The second-order valence-electron chi connectivity index (χ2n) is 4.76. The first-order valence-electron chi connectivity index (χ1n) is 6.25. The van der Waals surface area contributed by atoms with E-state index in [1.807, 2.05) is 6.07 Å². The van der Waals surface area contributed by atoms with Crippen molar-refractivity contribution in [3.05, 3.63) is 58.8 Å². The maximum atomic E-state index is 4.22. The van der Waals surface area contributed by atoms with Crippen molar-refractivity contribution in [3.8, 4) is 0 Å². The Balaban J connectivity index is 1.59. The molecule has 0 aliphatic heterocycles. The zero-order chi connectivity index (χ0) is 12.4. The topological polar surface area (TPSA) is 24.9 Å². The van der Waals surface area contributed by atoms with Gasteiger partial charge < -0.3 is 5.32 Å². The summed E-state index contributed by atoms with van der Waals surface area (Å²) in [7, 11) is 0. The molecule has 0 bridgehead atoms. The van der Waals surface area contributed by atoms with Gasteiger partial charge in [0, 0.05) is 12.2 Å². The molecule has 2 aromatic rings. The van der Waals surface area contributed by atoms with Crippen molar-refractivity contribution in [2.24, 2.45) is 0 Å². The van der Waals surface area contributed by atoms with Crippen LogP contribution in [0.4, 0.5) is 5.69 Å². The molecule has 1 aromatic carbocycles. The van der Waals surface area contributed by atoms with Crippen molar-refractivity contribution in [1.82, 2.24) is 4.98 Å². The van der Waals surface area contributed by atoms with Gasteiger partial charge in [-0.15, -0.1) is 0 Å². The van der Waals surface area contributed by atoms with Crippen molar-refractivity contribution >= 4 is 21.6 Å². The van der Waals surface area contributed by atoms with Crippen LogP contribution < -0.4 is 5.32 Å². The molecule has 92 valence electrons. The molecule has 1 fully saturated rings. The predicted octanol–water partition coefficient (Wildman–Crippen LogP) is 4.20. The van der Waals surface area contributed by atoms with E-state index in [0.29, 0.717) is 12.0 Å². The van der Waals surface area contributed by atoms with Crippen LogP contribution in [0.3, 0.4) is 0 Å². The highest BCUT2D eigenvalue weighted by Gasteiger charge is 2.30. The summed E-state index contributed by atoms with van der Waals surface area (Å²) in [4.78, 5) is 4.22. The fourth-order valence-corrected chi connectivity index (χ4v) is 2.81. The number of rotatable bonds is 3. The van der Waals surface area contributed by atoms with Crippen molar-refractivity contribution in [2.75, 3.05) is 5.32 Å². The van der Waals surface area contributed by atoms with Gasteiger partial charge >= 0.3 is 0 Å². The highest BCUT2D eigenvalue weighted by atomic mass is 79.9. The predicted molar refractivity (Wildman–Crippen MR) is 77.8 cm³/mol. The monoisotopic (exact) mass is 302 g/mol. The first kappa shape index (κ1) is 11.7. The summed E-state index contributed by atoms with van der Waals surface area (Å²) < 4.78 is 0.896. The molecule has 0 unspecified atom stereocenters. The van der Waals surface area contributed by atoms with E-state index >= 15 is 0 Å². The third kappa shape index (κ3) is 2.41. The van der Waals surface area contributed by atoms with E-state index in [4.69, 9.17) is 0 Å². The van der Waals surface area contributed by atoms with Gasteiger partial charge in [0.2, 0.25) is 0 Å². The lowest BCUT2D eigenvalue weighted by Gasteiger charge is -2.37. The highest BCUT2D eigenvalue weighted by molar-refractivity contribution is 9.10. The standard InChI is InChI=1S/C15H15BrN2/c16-15-14(7-4-8-17-15)18-13-9-12(10-13)11-5-2-1-3-6-11/h1-8,12-13,18H,9-10H2. The lowest BCUT2D eigenvalue weighted by atomic mass is 9.76. The van der Waals surface area contributed by atoms with Crippen LogP contribution in [0.1, 0.15) is 24.3 Å². The Kier molecular flexibility index (Phi) is 3.33. The summed E-state index contributed by atoms with van der Waals surface area (Å²) >= 11 is 3.46. The van der Waals surface area contributed by atoms with E-state index in [-0.39, 0.29) is 0 Å². The molecule has 2 nitrogen and oxygen atoms in total. The number of nitrogens with zero attached hydrogens (tertiary/aromatic N) is 1. The van der Waals surface area contributed by atoms with Crippen LogP contribution in [-0.2, 0) is 0 Å². The molecule has 1 N–H and O–H groups in total. The Hall–Kier alpha value is -1.35. The van der Waals surface area contributed by atoms with Crippen LogP contribution in [0.5, 0.6) is 0 Å². The molecule has 0 amide bonds. The summed E-state index contributed by atoms with van der Waals surface area (Å²) in [6, 6.07) is 15.3. The first-order valence-corrected chi connectivity index (χ1v) is 7.04. The van der Waals surface area contributed by atoms with Crippen molar-refractivity contribution in [2.45, 2.75) is 24.8 Å². The number of pyridine rings is 1. The van der Waals surface area contributed by atoms with Gasteiger partial charge in [0.15, 0.2) is 0 Å². The van der Waals surface area contributed by atoms with Crippen LogP contribution in [0.15, 0.2) is 53.3 Å². The minimum atomic E-state index is 0.565. The van der Waals surface area contributed by atoms with Crippen LogP contribution in [0.25, 0.3) is 0 Å². The van der Waals surface area contributed by atoms with Gasteiger partial charge in [-0.25, -0.2) is 4.98 Å². The van der Waals surface area contributed by atoms with E-state index in [2.05, 4.69) is 62.6 Å². The summed E-state index contributed by atoms with van der Waals surface area (Å²) in [5, 5.41) is 3.54. The fraction of sp³-hybridized carbons (Fsp3) is 0.267. The first-order chi connectivity index (χ1) is 8.83. The zero-order valence-electron chi connectivity index (χ0n) is 10.0. The van der Waals surface area contributed by atoms with Gasteiger partial charge in [0.05, 0.1) is 5.69 Å². The van der Waals surface area contributed by atoms with Gasteiger partial charge in [0.25, 0.3) is 0 Å². The Morgan fingerprint density at radius 3 is 2.56 bits per heavy atom. The molecule has 1 aliphatic rings. The average molecular weight is 303 g/mol. The number of hydrogen-bond acceptors (Lipinski definition) is 2. The van der Waals surface area contributed by atoms with Crippen molar-refractivity contribution in [1.29, 1.82) is 0 Å². The van der Waals surface area contributed by atoms with Crippen LogP contribution in [0.2, 0.25) is 0 Å². The summed E-state index contributed by atoms with van der Waals surface area (Å²) in [5.41, 5.74) is 2.55. The zero-order valence-corrected chi connectivity index (χ0v) is 11.6. The smallest absolute Gasteiger partial charge is 0.129 e. The Morgan fingerprint density at radius 2 is 1.83 bits per heavy atom. The van der Waals surface area contributed by atoms with Crippen molar-refractivity contribution < 1.29 is 0 Å². The molecule has 1 heterocycles. The summed E-state index contributed by atoms with van der Waals surface area (Å²) in [6.07, 6.45) is 4.19. The third-order valence-corrected chi connectivity index (χ3v) is 4.16. The van der Waals surface area contributed by atoms with Crippen LogP contribution in [0, 0.1) is 0 Å². The van der Waals surface area contributed by atoms with E-state index in [1.54, 1.807) is 6.20 Å². The second kappa shape index (κ2) is 5.11. The fourth-order valence-electron chi connectivity index (χ4n) is 2.45. The maximum absolute atomic E-state index is 4.22.